The lowest BCUT2D eigenvalue weighted by Gasteiger charge is -2.31. The molecule has 0 aromatic heterocycles. The molecule has 0 heterocycles. The van der Waals surface area contributed by atoms with Crippen LogP contribution in [-0.2, 0) is 4.79 Å². The highest BCUT2D eigenvalue weighted by Gasteiger charge is 2.32. The Bertz CT molecular complexity index is 542. The Hall–Kier alpha value is -1.50. The third-order valence-corrected chi connectivity index (χ3v) is 3.17. The van der Waals surface area contributed by atoms with Crippen LogP contribution in [0.1, 0.15) is 19.4 Å². The summed E-state index contributed by atoms with van der Waals surface area (Å²) < 4.78 is 38.8. The minimum absolute atomic E-state index is 0.328. The Morgan fingerprint density at radius 3 is 2.52 bits per heavy atom. The Morgan fingerprint density at radius 2 is 2.05 bits per heavy atom. The second-order valence-electron chi connectivity index (χ2n) is 4.71. The number of anilines is 1. The van der Waals surface area contributed by atoms with Gasteiger partial charge >= 0.3 is 12.1 Å². The molecule has 1 N–H and O–H groups in total. The SMILES string of the molecule is CC(C)N(CC(F)(F)F)c1cc(Br)ccc1C=CC(=O)O. The number of rotatable bonds is 5. The molecule has 1 aromatic carbocycles. The smallest absolute Gasteiger partial charge is 0.405 e. The molecule has 116 valence electrons. The molecule has 0 fully saturated rings. The number of benzene rings is 1. The summed E-state index contributed by atoms with van der Waals surface area (Å²) in [5, 5.41) is 8.66. The van der Waals surface area contributed by atoms with Crippen molar-refractivity contribution in [2.75, 3.05) is 11.4 Å². The summed E-state index contributed by atoms with van der Waals surface area (Å²) >= 11 is 3.23. The average Bonchev–Trinajstić information content (AvgIpc) is 2.33. The second-order valence-corrected chi connectivity index (χ2v) is 5.63. The van der Waals surface area contributed by atoms with Gasteiger partial charge in [-0.3, -0.25) is 0 Å². The highest BCUT2D eigenvalue weighted by molar-refractivity contribution is 9.10. The zero-order chi connectivity index (χ0) is 16.2. The van der Waals surface area contributed by atoms with E-state index in [4.69, 9.17) is 5.11 Å². The van der Waals surface area contributed by atoms with Gasteiger partial charge < -0.3 is 10.0 Å². The van der Waals surface area contributed by atoms with Crippen molar-refractivity contribution >= 4 is 33.7 Å². The zero-order valence-corrected chi connectivity index (χ0v) is 13.1. The summed E-state index contributed by atoms with van der Waals surface area (Å²) in [5.41, 5.74) is 0.743. The van der Waals surface area contributed by atoms with Crippen LogP contribution in [0.25, 0.3) is 6.08 Å². The standard InChI is InChI=1S/C14H15BrF3NO2/c1-9(2)19(8-14(16,17)18)12-7-11(15)5-3-10(12)4-6-13(20)21/h3-7,9H,8H2,1-2H3,(H,20,21). The maximum atomic E-state index is 12.7. The van der Waals surface area contributed by atoms with Gasteiger partial charge in [0.25, 0.3) is 0 Å². The maximum Gasteiger partial charge on any atom is 0.405 e. The maximum absolute atomic E-state index is 12.7. The molecule has 0 aliphatic rings. The van der Waals surface area contributed by atoms with E-state index in [-0.39, 0.29) is 0 Å². The normalized spacial score (nSPS) is 12.1. The number of nitrogens with zero attached hydrogens (tertiary/aromatic N) is 1. The number of carboxylic acids is 1. The summed E-state index contributed by atoms with van der Waals surface area (Å²) in [6, 6.07) is 4.38. The van der Waals surface area contributed by atoms with Gasteiger partial charge in [0.1, 0.15) is 6.54 Å². The van der Waals surface area contributed by atoms with Crippen LogP contribution in [0.4, 0.5) is 18.9 Å². The lowest BCUT2D eigenvalue weighted by atomic mass is 10.1. The first-order valence-electron chi connectivity index (χ1n) is 6.14. The van der Waals surface area contributed by atoms with E-state index in [1.165, 1.54) is 11.0 Å². The predicted octanol–water partition coefficient (Wildman–Crippen LogP) is 4.32. The molecule has 3 nitrogen and oxygen atoms in total. The van der Waals surface area contributed by atoms with Gasteiger partial charge in [-0.1, -0.05) is 22.0 Å². The third kappa shape index (κ3) is 5.79. The van der Waals surface area contributed by atoms with Gasteiger partial charge in [0.05, 0.1) is 0 Å². The molecule has 0 aliphatic heterocycles. The molecule has 7 heteroatoms. The summed E-state index contributed by atoms with van der Waals surface area (Å²) in [7, 11) is 0. The van der Waals surface area contributed by atoms with Crippen LogP contribution >= 0.6 is 15.9 Å². The molecule has 0 saturated heterocycles. The number of carboxylic acid groups (broad SMARTS) is 1. The molecule has 0 atom stereocenters. The van der Waals surface area contributed by atoms with Crippen molar-refractivity contribution in [3.63, 3.8) is 0 Å². The van der Waals surface area contributed by atoms with E-state index in [9.17, 15) is 18.0 Å². The molecule has 0 bridgehead atoms. The molecule has 0 spiro atoms. The van der Waals surface area contributed by atoms with Gasteiger partial charge in [0, 0.05) is 22.3 Å². The van der Waals surface area contributed by atoms with Crippen molar-refractivity contribution in [1.29, 1.82) is 0 Å². The quantitative estimate of drug-likeness (QED) is 0.789. The van der Waals surface area contributed by atoms with Crippen LogP contribution in [0.3, 0.4) is 0 Å². The molecular weight excluding hydrogens is 351 g/mol. The fourth-order valence-corrected chi connectivity index (χ4v) is 2.16. The van der Waals surface area contributed by atoms with Crippen LogP contribution < -0.4 is 4.90 Å². The molecule has 0 radical (unpaired) electrons. The van der Waals surface area contributed by atoms with Gasteiger partial charge in [0.2, 0.25) is 0 Å². The number of hydrogen-bond acceptors (Lipinski definition) is 2. The molecule has 1 rings (SSSR count). The van der Waals surface area contributed by atoms with Gasteiger partial charge in [0.15, 0.2) is 0 Å². The minimum Gasteiger partial charge on any atom is -0.478 e. The molecule has 0 amide bonds. The lowest BCUT2D eigenvalue weighted by molar-refractivity contribution is -0.131. The van der Waals surface area contributed by atoms with E-state index in [0.717, 1.165) is 6.08 Å². The van der Waals surface area contributed by atoms with Crippen molar-refractivity contribution in [2.45, 2.75) is 26.1 Å². The van der Waals surface area contributed by atoms with Crippen molar-refractivity contribution in [3.05, 3.63) is 34.3 Å². The van der Waals surface area contributed by atoms with E-state index in [2.05, 4.69) is 15.9 Å². The predicted molar refractivity (Wildman–Crippen MR) is 79.3 cm³/mol. The largest absolute Gasteiger partial charge is 0.478 e. The van der Waals surface area contributed by atoms with Crippen molar-refractivity contribution in [3.8, 4) is 0 Å². The van der Waals surface area contributed by atoms with Gasteiger partial charge in [-0.15, -0.1) is 0 Å². The Kier molecular flexibility index (Phi) is 5.83. The van der Waals surface area contributed by atoms with Crippen molar-refractivity contribution < 1.29 is 23.1 Å². The Balaban J connectivity index is 3.28. The van der Waals surface area contributed by atoms with Gasteiger partial charge in [-0.05, 0) is 37.6 Å². The molecular formula is C14H15BrF3NO2. The third-order valence-electron chi connectivity index (χ3n) is 2.68. The fraction of sp³-hybridized carbons (Fsp3) is 0.357. The minimum atomic E-state index is -4.35. The number of halogens is 4. The van der Waals surface area contributed by atoms with Gasteiger partial charge in [-0.2, -0.15) is 13.2 Å². The summed E-state index contributed by atoms with van der Waals surface area (Å²) in [6.45, 7) is 2.20. The zero-order valence-electron chi connectivity index (χ0n) is 11.5. The van der Waals surface area contributed by atoms with Crippen LogP contribution in [0, 0.1) is 0 Å². The van der Waals surface area contributed by atoms with E-state index in [1.807, 2.05) is 0 Å². The van der Waals surface area contributed by atoms with E-state index in [0.29, 0.717) is 15.7 Å². The highest BCUT2D eigenvalue weighted by atomic mass is 79.9. The van der Waals surface area contributed by atoms with E-state index < -0.39 is 24.7 Å². The van der Waals surface area contributed by atoms with Crippen molar-refractivity contribution in [2.24, 2.45) is 0 Å². The van der Waals surface area contributed by atoms with Crippen molar-refractivity contribution in [1.82, 2.24) is 0 Å². The van der Waals surface area contributed by atoms with Crippen LogP contribution in [0.5, 0.6) is 0 Å². The topological polar surface area (TPSA) is 40.5 Å². The number of hydrogen-bond donors (Lipinski definition) is 1. The first-order valence-corrected chi connectivity index (χ1v) is 6.93. The van der Waals surface area contributed by atoms with Crippen LogP contribution in [0.15, 0.2) is 28.7 Å². The average molecular weight is 366 g/mol. The first kappa shape index (κ1) is 17.6. The highest BCUT2D eigenvalue weighted by Crippen LogP contribution is 2.30. The number of carbonyl (C=O) groups is 1. The lowest BCUT2D eigenvalue weighted by Crippen LogP contribution is -2.39. The molecule has 1 aromatic rings. The van der Waals surface area contributed by atoms with Crippen LogP contribution in [-0.4, -0.2) is 29.8 Å². The van der Waals surface area contributed by atoms with Gasteiger partial charge in [-0.25, -0.2) is 4.79 Å². The first-order chi connectivity index (χ1) is 9.60. The molecule has 0 aliphatic carbocycles. The second kappa shape index (κ2) is 6.98. The molecule has 0 unspecified atom stereocenters. The summed E-state index contributed by atoms with van der Waals surface area (Å²) in [4.78, 5) is 11.8. The number of alkyl halides is 3. The summed E-state index contributed by atoms with van der Waals surface area (Å²) in [6.07, 6.45) is -2.16. The molecule has 21 heavy (non-hydrogen) atoms. The molecule has 0 saturated carbocycles. The Morgan fingerprint density at radius 1 is 1.43 bits per heavy atom. The van der Waals surface area contributed by atoms with E-state index in [1.54, 1.807) is 32.0 Å². The fourth-order valence-electron chi connectivity index (χ4n) is 1.81. The Labute approximate surface area is 129 Å². The number of aliphatic carboxylic acids is 1. The summed E-state index contributed by atoms with van der Waals surface area (Å²) in [5.74, 6) is -1.16. The van der Waals surface area contributed by atoms with Crippen LogP contribution in [0.2, 0.25) is 0 Å². The van der Waals surface area contributed by atoms with E-state index >= 15 is 0 Å². The monoisotopic (exact) mass is 365 g/mol.